The first-order chi connectivity index (χ1) is 7.44. The third-order valence-corrected chi connectivity index (χ3v) is 3.36. The van der Waals surface area contributed by atoms with Crippen LogP contribution in [0.3, 0.4) is 0 Å². The number of hydrogen-bond donors (Lipinski definition) is 2. The van der Waals surface area contributed by atoms with E-state index in [1.54, 1.807) is 6.26 Å². The molecule has 2 N–H and O–H groups in total. The van der Waals surface area contributed by atoms with Crippen molar-refractivity contribution in [1.82, 2.24) is 5.32 Å². The number of nitrogens with one attached hydrogen (secondary N) is 1. The second-order valence-electron chi connectivity index (χ2n) is 4.49. The van der Waals surface area contributed by atoms with E-state index in [0.29, 0.717) is 6.54 Å². The molecule has 0 aliphatic carbocycles. The minimum atomic E-state index is -0.920. The topological polar surface area (TPSA) is 49.3 Å². The van der Waals surface area contributed by atoms with Crippen LogP contribution < -0.4 is 5.32 Å². The first-order valence-corrected chi connectivity index (χ1v) is 6.79. The summed E-state index contributed by atoms with van der Waals surface area (Å²) in [7, 11) is -0.920. The minimum absolute atomic E-state index is 0.101. The van der Waals surface area contributed by atoms with Gasteiger partial charge in [-0.3, -0.25) is 4.21 Å². The molecule has 0 fully saturated rings. The van der Waals surface area contributed by atoms with E-state index in [9.17, 15) is 4.21 Å². The maximum atomic E-state index is 11.2. The van der Waals surface area contributed by atoms with E-state index in [1.165, 1.54) is 0 Å². The number of rotatable bonds is 5. The van der Waals surface area contributed by atoms with Gasteiger partial charge in [0.2, 0.25) is 0 Å². The summed E-state index contributed by atoms with van der Waals surface area (Å²) >= 11 is 0. The Balaban J connectivity index is 2.59. The Hall–Kier alpha value is -0.710. The molecular weight excluding hydrogens is 222 g/mol. The molecule has 90 valence electrons. The fraction of sp³-hybridized carbons (Fsp3) is 0.500. The maximum absolute atomic E-state index is 11.2. The van der Waals surface area contributed by atoms with Crippen molar-refractivity contribution in [3.63, 3.8) is 0 Å². The van der Waals surface area contributed by atoms with Crippen LogP contribution in [0.15, 0.2) is 29.2 Å². The van der Waals surface area contributed by atoms with Gasteiger partial charge in [0.1, 0.15) is 0 Å². The second-order valence-corrected chi connectivity index (χ2v) is 5.87. The Kier molecular flexibility index (Phi) is 4.65. The van der Waals surface area contributed by atoms with Gasteiger partial charge >= 0.3 is 0 Å². The summed E-state index contributed by atoms with van der Waals surface area (Å²) < 4.78 is 11.2. The molecular formula is C12H19NO2S. The van der Waals surface area contributed by atoms with Crippen molar-refractivity contribution in [2.45, 2.75) is 30.8 Å². The van der Waals surface area contributed by atoms with Gasteiger partial charge in [0.25, 0.3) is 0 Å². The summed E-state index contributed by atoms with van der Waals surface area (Å²) in [6.45, 7) is 4.69. The average Bonchev–Trinajstić information content (AvgIpc) is 2.27. The lowest BCUT2D eigenvalue weighted by Gasteiger charge is -2.23. The molecule has 3 nitrogen and oxygen atoms in total. The molecule has 0 spiro atoms. The van der Waals surface area contributed by atoms with E-state index in [1.807, 2.05) is 38.1 Å². The monoisotopic (exact) mass is 241 g/mol. The third kappa shape index (κ3) is 4.04. The van der Waals surface area contributed by atoms with Crippen LogP contribution in [0.5, 0.6) is 0 Å². The van der Waals surface area contributed by atoms with Crippen molar-refractivity contribution in [3.05, 3.63) is 29.8 Å². The van der Waals surface area contributed by atoms with Gasteiger partial charge in [-0.05, 0) is 31.5 Å². The molecule has 0 aliphatic rings. The highest BCUT2D eigenvalue weighted by molar-refractivity contribution is 7.84. The van der Waals surface area contributed by atoms with Gasteiger partial charge in [0.05, 0.1) is 6.61 Å². The predicted molar refractivity (Wildman–Crippen MR) is 66.8 cm³/mol. The standard InChI is InChI=1S/C12H19NO2S/c1-12(2,9-14)13-8-10-4-6-11(7-5-10)16(3)15/h4-7,13-14H,8-9H2,1-3H3/t16-/m1/s1. The van der Waals surface area contributed by atoms with Crippen LogP contribution >= 0.6 is 0 Å². The van der Waals surface area contributed by atoms with Crippen LogP contribution in [0, 0.1) is 0 Å². The molecule has 0 aromatic heterocycles. The lowest BCUT2D eigenvalue weighted by molar-refractivity contribution is 0.187. The van der Waals surface area contributed by atoms with E-state index >= 15 is 0 Å². The van der Waals surface area contributed by atoms with E-state index in [2.05, 4.69) is 5.32 Å². The zero-order chi connectivity index (χ0) is 12.2. The quantitative estimate of drug-likeness (QED) is 0.816. The SMILES string of the molecule is C[S@@](=O)c1ccc(CNC(C)(C)CO)cc1. The van der Waals surface area contributed by atoms with Crippen LogP contribution in [-0.4, -0.2) is 27.7 Å². The smallest absolute Gasteiger partial charge is 0.0607 e. The summed E-state index contributed by atoms with van der Waals surface area (Å²) in [5, 5.41) is 12.3. The molecule has 1 rings (SSSR count). The highest BCUT2D eigenvalue weighted by Crippen LogP contribution is 2.09. The van der Waals surface area contributed by atoms with Gasteiger partial charge in [0.15, 0.2) is 0 Å². The number of benzene rings is 1. The molecule has 16 heavy (non-hydrogen) atoms. The van der Waals surface area contributed by atoms with Gasteiger partial charge < -0.3 is 10.4 Å². The Morgan fingerprint density at radius 1 is 1.31 bits per heavy atom. The summed E-state index contributed by atoms with van der Waals surface area (Å²) in [6, 6.07) is 7.66. The fourth-order valence-electron chi connectivity index (χ4n) is 1.20. The molecule has 0 saturated carbocycles. The zero-order valence-electron chi connectivity index (χ0n) is 9.99. The Labute approximate surface area is 99.3 Å². The highest BCUT2D eigenvalue weighted by Gasteiger charge is 2.14. The van der Waals surface area contributed by atoms with Crippen molar-refractivity contribution in [3.8, 4) is 0 Å². The molecule has 1 atom stereocenters. The molecule has 0 heterocycles. The molecule has 0 unspecified atom stereocenters. The molecule has 1 aromatic carbocycles. The molecule has 0 aliphatic heterocycles. The minimum Gasteiger partial charge on any atom is -0.394 e. The largest absolute Gasteiger partial charge is 0.394 e. The fourth-order valence-corrected chi connectivity index (χ4v) is 1.72. The predicted octanol–water partition coefficient (Wildman–Crippen LogP) is 1.28. The Bertz CT molecular complexity index is 360. The van der Waals surface area contributed by atoms with E-state index in [-0.39, 0.29) is 12.1 Å². The summed E-state index contributed by atoms with van der Waals surface area (Å²) in [4.78, 5) is 0.838. The zero-order valence-corrected chi connectivity index (χ0v) is 10.8. The number of aliphatic hydroxyl groups excluding tert-OH is 1. The van der Waals surface area contributed by atoms with Crippen molar-refractivity contribution in [2.24, 2.45) is 0 Å². The third-order valence-electron chi connectivity index (χ3n) is 2.42. The van der Waals surface area contributed by atoms with E-state index in [4.69, 9.17) is 5.11 Å². The molecule has 4 heteroatoms. The van der Waals surface area contributed by atoms with Crippen LogP contribution in [0.25, 0.3) is 0 Å². The second kappa shape index (κ2) is 5.57. The van der Waals surface area contributed by atoms with Gasteiger partial charge in [-0.25, -0.2) is 0 Å². The summed E-state index contributed by atoms with van der Waals surface area (Å²) in [5.41, 5.74) is 0.849. The lowest BCUT2D eigenvalue weighted by atomic mass is 10.1. The van der Waals surface area contributed by atoms with Crippen LogP contribution in [0.2, 0.25) is 0 Å². The summed E-state index contributed by atoms with van der Waals surface area (Å²) in [5.74, 6) is 0. The molecule has 0 bridgehead atoms. The normalized spacial score (nSPS) is 13.8. The van der Waals surface area contributed by atoms with Gasteiger partial charge in [0, 0.05) is 34.0 Å². The maximum Gasteiger partial charge on any atom is 0.0607 e. The first kappa shape index (κ1) is 13.4. The van der Waals surface area contributed by atoms with Gasteiger partial charge in [-0.1, -0.05) is 12.1 Å². The van der Waals surface area contributed by atoms with Gasteiger partial charge in [-0.2, -0.15) is 0 Å². The first-order valence-electron chi connectivity index (χ1n) is 5.23. The van der Waals surface area contributed by atoms with Crippen molar-refractivity contribution < 1.29 is 9.32 Å². The van der Waals surface area contributed by atoms with Crippen molar-refractivity contribution >= 4 is 10.8 Å². The van der Waals surface area contributed by atoms with E-state index < -0.39 is 10.8 Å². The molecule has 1 aromatic rings. The van der Waals surface area contributed by atoms with Crippen molar-refractivity contribution in [1.29, 1.82) is 0 Å². The molecule has 0 radical (unpaired) electrons. The van der Waals surface area contributed by atoms with E-state index in [0.717, 1.165) is 10.5 Å². The average molecular weight is 241 g/mol. The van der Waals surface area contributed by atoms with Crippen molar-refractivity contribution in [2.75, 3.05) is 12.9 Å². The number of hydrogen-bond acceptors (Lipinski definition) is 3. The lowest BCUT2D eigenvalue weighted by Crippen LogP contribution is -2.42. The van der Waals surface area contributed by atoms with Crippen LogP contribution in [0.1, 0.15) is 19.4 Å². The highest BCUT2D eigenvalue weighted by atomic mass is 32.2. The van der Waals surface area contributed by atoms with Gasteiger partial charge in [-0.15, -0.1) is 0 Å². The summed E-state index contributed by atoms with van der Waals surface area (Å²) in [6.07, 6.45) is 1.67. The van der Waals surface area contributed by atoms with Crippen LogP contribution in [-0.2, 0) is 17.3 Å². The molecule has 0 amide bonds. The number of aliphatic hydroxyl groups is 1. The Morgan fingerprint density at radius 3 is 2.31 bits per heavy atom. The van der Waals surface area contributed by atoms with Crippen LogP contribution in [0.4, 0.5) is 0 Å². The molecule has 0 saturated heterocycles. The Morgan fingerprint density at radius 2 is 1.88 bits per heavy atom.